The molecule has 158 valence electrons. The average Bonchev–Trinajstić information content (AvgIpc) is 3.34. The molecule has 4 aromatic rings. The largest absolute Gasteiger partial charge is 0.368 e. The first-order chi connectivity index (χ1) is 15.0. The van der Waals surface area contributed by atoms with E-state index in [4.69, 9.17) is 0 Å². The van der Waals surface area contributed by atoms with Crippen LogP contribution < -0.4 is 10.6 Å². The number of benzene rings is 1. The summed E-state index contributed by atoms with van der Waals surface area (Å²) in [6, 6.07) is 13.4. The molecule has 2 N–H and O–H groups in total. The van der Waals surface area contributed by atoms with Crippen LogP contribution in [0.5, 0.6) is 0 Å². The van der Waals surface area contributed by atoms with Gasteiger partial charge in [-0.2, -0.15) is 5.10 Å². The summed E-state index contributed by atoms with van der Waals surface area (Å²) in [4.78, 5) is 25.4. The third-order valence-corrected chi connectivity index (χ3v) is 5.05. The Balaban J connectivity index is 1.33. The van der Waals surface area contributed by atoms with Crippen molar-refractivity contribution in [2.24, 2.45) is 7.05 Å². The van der Waals surface area contributed by atoms with Crippen LogP contribution in [-0.2, 0) is 7.05 Å². The molecular formula is C22H24N8O. The second-order valence-electron chi connectivity index (χ2n) is 7.13. The van der Waals surface area contributed by atoms with E-state index in [2.05, 4.69) is 30.7 Å². The Morgan fingerprint density at radius 3 is 2.58 bits per heavy atom. The number of hydrogen-bond acceptors (Lipinski definition) is 6. The van der Waals surface area contributed by atoms with Crippen LogP contribution in [0.3, 0.4) is 0 Å². The van der Waals surface area contributed by atoms with Crippen molar-refractivity contribution in [2.75, 3.05) is 18.4 Å². The monoisotopic (exact) mass is 416 g/mol. The Hall–Kier alpha value is -4.01. The van der Waals surface area contributed by atoms with Gasteiger partial charge in [0.15, 0.2) is 0 Å². The first kappa shape index (κ1) is 20.3. The van der Waals surface area contributed by atoms with Gasteiger partial charge in [-0.15, -0.1) is 0 Å². The van der Waals surface area contributed by atoms with Gasteiger partial charge in [0.1, 0.15) is 30.0 Å². The molecule has 3 heterocycles. The first-order valence-electron chi connectivity index (χ1n) is 9.97. The van der Waals surface area contributed by atoms with Gasteiger partial charge in [-0.3, -0.25) is 14.0 Å². The molecule has 9 heteroatoms. The third kappa shape index (κ3) is 4.45. The van der Waals surface area contributed by atoms with Gasteiger partial charge in [0, 0.05) is 37.5 Å². The summed E-state index contributed by atoms with van der Waals surface area (Å²) < 4.78 is 3.51. The van der Waals surface area contributed by atoms with Crippen LogP contribution >= 0.6 is 0 Å². The van der Waals surface area contributed by atoms with Crippen molar-refractivity contribution < 1.29 is 4.79 Å². The molecule has 0 fully saturated rings. The Kier molecular flexibility index (Phi) is 5.74. The second kappa shape index (κ2) is 8.78. The first-order valence-corrected chi connectivity index (χ1v) is 9.97. The van der Waals surface area contributed by atoms with Gasteiger partial charge >= 0.3 is 0 Å². The lowest BCUT2D eigenvalue weighted by molar-refractivity contribution is 0.0946. The Morgan fingerprint density at radius 2 is 1.84 bits per heavy atom. The summed E-state index contributed by atoms with van der Waals surface area (Å²) in [7, 11) is 1.77. The molecule has 9 nitrogen and oxygen atoms in total. The molecule has 0 radical (unpaired) electrons. The number of nitrogens with one attached hydrogen (secondary N) is 2. The molecule has 0 aliphatic carbocycles. The summed E-state index contributed by atoms with van der Waals surface area (Å²) in [6.45, 7) is 4.91. The van der Waals surface area contributed by atoms with Gasteiger partial charge in [0.25, 0.3) is 5.91 Å². The van der Waals surface area contributed by atoms with Crippen LogP contribution in [0, 0.1) is 13.8 Å². The van der Waals surface area contributed by atoms with Gasteiger partial charge in [-0.1, -0.05) is 30.3 Å². The normalized spacial score (nSPS) is 10.8. The number of hydrogen-bond donors (Lipinski definition) is 2. The molecule has 0 atom stereocenters. The van der Waals surface area contributed by atoms with Crippen LogP contribution in [0.25, 0.3) is 17.1 Å². The third-order valence-electron chi connectivity index (χ3n) is 5.05. The number of carbonyl (C=O) groups excluding carboxylic acids is 1. The molecule has 31 heavy (non-hydrogen) atoms. The fourth-order valence-electron chi connectivity index (χ4n) is 3.19. The van der Waals surface area contributed by atoms with Crippen molar-refractivity contribution in [3.63, 3.8) is 0 Å². The van der Waals surface area contributed by atoms with E-state index in [1.807, 2.05) is 54.8 Å². The van der Waals surface area contributed by atoms with E-state index in [-0.39, 0.29) is 5.91 Å². The number of carbonyl (C=O) groups is 1. The summed E-state index contributed by atoms with van der Waals surface area (Å²) in [5.41, 5.74) is 4.24. The van der Waals surface area contributed by atoms with Crippen LogP contribution in [-0.4, -0.2) is 48.3 Å². The Bertz CT molecular complexity index is 1200. The lowest BCUT2D eigenvalue weighted by Crippen LogP contribution is -2.30. The highest BCUT2D eigenvalue weighted by atomic mass is 16.2. The highest BCUT2D eigenvalue weighted by Crippen LogP contribution is 2.18. The van der Waals surface area contributed by atoms with Crippen molar-refractivity contribution in [3.8, 4) is 17.1 Å². The Morgan fingerprint density at radius 1 is 1.03 bits per heavy atom. The Labute approximate surface area is 180 Å². The summed E-state index contributed by atoms with van der Waals surface area (Å²) >= 11 is 0. The summed E-state index contributed by atoms with van der Waals surface area (Å²) in [5.74, 6) is 1.24. The smallest absolute Gasteiger partial charge is 0.269 e. The van der Waals surface area contributed by atoms with Gasteiger partial charge < -0.3 is 10.6 Å². The highest BCUT2D eigenvalue weighted by molar-refractivity contribution is 5.93. The predicted molar refractivity (Wildman–Crippen MR) is 118 cm³/mol. The van der Waals surface area contributed by atoms with E-state index in [0.29, 0.717) is 24.6 Å². The van der Waals surface area contributed by atoms with Crippen molar-refractivity contribution >= 4 is 11.7 Å². The van der Waals surface area contributed by atoms with Gasteiger partial charge in [0.2, 0.25) is 0 Å². The fraction of sp³-hybridized carbons (Fsp3) is 0.227. The van der Waals surface area contributed by atoms with Crippen LogP contribution in [0.4, 0.5) is 5.82 Å². The topological polar surface area (TPSA) is 103 Å². The number of aromatic nitrogens is 6. The van der Waals surface area contributed by atoms with Gasteiger partial charge in [0.05, 0.1) is 11.4 Å². The molecule has 1 amide bonds. The molecule has 0 unspecified atom stereocenters. The minimum atomic E-state index is -0.174. The van der Waals surface area contributed by atoms with E-state index in [1.165, 1.54) is 6.33 Å². The van der Waals surface area contributed by atoms with Gasteiger partial charge in [-0.25, -0.2) is 15.0 Å². The molecule has 0 saturated heterocycles. The van der Waals surface area contributed by atoms with Gasteiger partial charge in [-0.05, 0) is 19.9 Å². The summed E-state index contributed by atoms with van der Waals surface area (Å²) in [6.07, 6.45) is 3.25. The lowest BCUT2D eigenvalue weighted by atomic mass is 10.1. The molecule has 1 aromatic carbocycles. The molecule has 4 rings (SSSR count). The molecule has 0 aliphatic rings. The minimum Gasteiger partial charge on any atom is -0.368 e. The average molecular weight is 416 g/mol. The quantitative estimate of drug-likeness (QED) is 0.449. The van der Waals surface area contributed by atoms with Crippen molar-refractivity contribution in [1.82, 2.24) is 34.6 Å². The summed E-state index contributed by atoms with van der Waals surface area (Å²) in [5, 5.41) is 10.6. The molecule has 0 bridgehead atoms. The molecule has 0 aliphatic heterocycles. The maximum absolute atomic E-state index is 12.6. The number of rotatable bonds is 7. The van der Waals surface area contributed by atoms with E-state index in [1.54, 1.807) is 24.1 Å². The van der Waals surface area contributed by atoms with E-state index >= 15 is 0 Å². The number of aryl methyl sites for hydroxylation is 2. The standard InChI is InChI=1S/C22H24N8O/c1-15-16(2)30(14-27-15)21-12-20(25-13-26-21)23-9-10-24-22(31)19-11-18(28-29(19)3)17-7-5-4-6-8-17/h4-8,11-14H,9-10H2,1-3H3,(H,24,31)(H,23,25,26). The van der Waals surface area contributed by atoms with Crippen LogP contribution in [0.15, 0.2) is 55.1 Å². The fourth-order valence-corrected chi connectivity index (χ4v) is 3.19. The lowest BCUT2D eigenvalue weighted by Gasteiger charge is -2.09. The number of imidazole rings is 1. The number of nitrogens with zero attached hydrogens (tertiary/aromatic N) is 6. The van der Waals surface area contributed by atoms with Crippen molar-refractivity contribution in [2.45, 2.75) is 13.8 Å². The zero-order valence-corrected chi connectivity index (χ0v) is 17.7. The second-order valence-corrected chi connectivity index (χ2v) is 7.13. The number of amides is 1. The van der Waals surface area contributed by atoms with Crippen molar-refractivity contribution in [1.29, 1.82) is 0 Å². The van der Waals surface area contributed by atoms with Crippen LogP contribution in [0.2, 0.25) is 0 Å². The maximum Gasteiger partial charge on any atom is 0.269 e. The molecule has 0 spiro atoms. The molecule has 3 aromatic heterocycles. The maximum atomic E-state index is 12.6. The minimum absolute atomic E-state index is 0.174. The number of anilines is 1. The van der Waals surface area contributed by atoms with Crippen molar-refractivity contribution in [3.05, 3.63) is 72.2 Å². The molecule has 0 saturated carbocycles. The predicted octanol–water partition coefficient (Wildman–Crippen LogP) is 2.52. The highest BCUT2D eigenvalue weighted by Gasteiger charge is 2.14. The zero-order chi connectivity index (χ0) is 21.8. The van der Waals surface area contributed by atoms with E-state index in [0.717, 1.165) is 28.5 Å². The zero-order valence-electron chi connectivity index (χ0n) is 17.7. The molecular weight excluding hydrogens is 392 g/mol. The van der Waals surface area contributed by atoms with E-state index in [9.17, 15) is 4.79 Å². The SMILES string of the molecule is Cc1ncn(-c2cc(NCCNC(=O)c3cc(-c4ccccc4)nn3C)ncn2)c1C. The van der Waals surface area contributed by atoms with E-state index < -0.39 is 0 Å². The van der Waals surface area contributed by atoms with Crippen LogP contribution in [0.1, 0.15) is 21.9 Å².